The van der Waals surface area contributed by atoms with E-state index in [0.29, 0.717) is 16.6 Å². The van der Waals surface area contributed by atoms with Gasteiger partial charge < -0.3 is 0 Å². The van der Waals surface area contributed by atoms with E-state index in [9.17, 15) is 0 Å². The number of H-pyrrole nitrogens is 1. The van der Waals surface area contributed by atoms with Crippen LogP contribution in [0.3, 0.4) is 0 Å². The Balaban J connectivity index is 2.10. The fourth-order valence-corrected chi connectivity index (χ4v) is 3.16. The predicted octanol–water partition coefficient (Wildman–Crippen LogP) is 3.83. The van der Waals surface area contributed by atoms with Crippen LogP contribution in [-0.4, -0.2) is 14.8 Å². The van der Waals surface area contributed by atoms with Crippen molar-refractivity contribution in [1.82, 2.24) is 14.8 Å². The van der Waals surface area contributed by atoms with Gasteiger partial charge >= 0.3 is 0 Å². The first-order valence-electron chi connectivity index (χ1n) is 6.50. The number of para-hydroxylation sites is 1. The normalized spacial score (nSPS) is 23.4. The minimum Gasteiger partial charge on any atom is -0.272 e. The van der Waals surface area contributed by atoms with Gasteiger partial charge in [0.05, 0.1) is 0 Å². The Morgan fingerprint density at radius 3 is 2.72 bits per heavy atom. The van der Waals surface area contributed by atoms with E-state index in [-0.39, 0.29) is 0 Å². The summed E-state index contributed by atoms with van der Waals surface area (Å²) in [7, 11) is 0. The highest BCUT2D eigenvalue weighted by Gasteiger charge is 2.29. The van der Waals surface area contributed by atoms with Gasteiger partial charge in [0.25, 0.3) is 0 Å². The highest BCUT2D eigenvalue weighted by Crippen LogP contribution is 2.38. The van der Waals surface area contributed by atoms with Gasteiger partial charge in [0.1, 0.15) is 5.82 Å². The lowest BCUT2D eigenvalue weighted by atomic mass is 9.97. The van der Waals surface area contributed by atoms with Gasteiger partial charge in [-0.1, -0.05) is 31.5 Å². The molecule has 94 valence electrons. The average Bonchev–Trinajstić information content (AvgIpc) is 2.96. The third-order valence-corrected chi connectivity index (χ3v) is 4.18. The van der Waals surface area contributed by atoms with Crippen LogP contribution in [0.15, 0.2) is 30.3 Å². The first-order chi connectivity index (χ1) is 8.77. The predicted molar refractivity (Wildman–Crippen MR) is 74.5 cm³/mol. The molecule has 1 aromatic carbocycles. The monoisotopic (exact) mass is 259 g/mol. The number of hydrogen-bond acceptors (Lipinski definition) is 2. The molecule has 2 atom stereocenters. The van der Waals surface area contributed by atoms with E-state index in [1.807, 2.05) is 18.2 Å². The zero-order valence-electron chi connectivity index (χ0n) is 10.5. The van der Waals surface area contributed by atoms with Crippen LogP contribution in [0.4, 0.5) is 0 Å². The van der Waals surface area contributed by atoms with Crippen molar-refractivity contribution in [2.24, 2.45) is 5.92 Å². The fraction of sp³-hybridized carbons (Fsp3) is 0.429. The topological polar surface area (TPSA) is 33.6 Å². The summed E-state index contributed by atoms with van der Waals surface area (Å²) in [6, 6.07) is 10.2. The number of nitrogens with zero attached hydrogens (tertiary/aromatic N) is 2. The van der Waals surface area contributed by atoms with Crippen molar-refractivity contribution >= 4 is 12.2 Å². The quantitative estimate of drug-likeness (QED) is 0.831. The van der Waals surface area contributed by atoms with Gasteiger partial charge in [-0.25, -0.2) is 0 Å². The smallest absolute Gasteiger partial charge is 0.199 e. The van der Waals surface area contributed by atoms with Gasteiger partial charge in [0.15, 0.2) is 4.77 Å². The molecule has 0 aliphatic heterocycles. The van der Waals surface area contributed by atoms with Crippen LogP contribution in [0, 0.1) is 10.7 Å². The second-order valence-corrected chi connectivity index (χ2v) is 5.46. The van der Waals surface area contributed by atoms with E-state index in [1.54, 1.807) is 0 Å². The van der Waals surface area contributed by atoms with Crippen LogP contribution in [-0.2, 0) is 0 Å². The zero-order chi connectivity index (χ0) is 12.5. The molecule has 3 nitrogen and oxygen atoms in total. The van der Waals surface area contributed by atoms with Crippen LogP contribution in [0.1, 0.15) is 37.9 Å². The molecule has 2 unspecified atom stereocenters. The van der Waals surface area contributed by atoms with Gasteiger partial charge in [0, 0.05) is 11.6 Å². The minimum absolute atomic E-state index is 0.526. The molecular formula is C14H17N3S. The molecule has 1 N–H and O–H groups in total. The maximum Gasteiger partial charge on any atom is 0.199 e. The fourth-order valence-electron chi connectivity index (χ4n) is 2.91. The van der Waals surface area contributed by atoms with Crippen molar-refractivity contribution < 1.29 is 0 Å². The molecule has 1 aliphatic carbocycles. The van der Waals surface area contributed by atoms with Crippen LogP contribution in [0.5, 0.6) is 0 Å². The number of hydrogen-bond donors (Lipinski definition) is 1. The standard InChI is InChI=1S/C14H17N3S/c1-10-6-5-9-12(10)13-15-16-14(18)17(13)11-7-3-2-4-8-11/h2-4,7-8,10,12H,5-6,9H2,1H3,(H,16,18). The van der Waals surface area contributed by atoms with Gasteiger partial charge in [-0.3, -0.25) is 9.67 Å². The Bertz CT molecular complexity index is 585. The molecule has 0 amide bonds. The zero-order valence-corrected chi connectivity index (χ0v) is 11.3. The SMILES string of the molecule is CC1CCCC1c1n[nH]c(=S)n1-c1ccccc1. The number of benzene rings is 1. The van der Waals surface area contributed by atoms with Crippen molar-refractivity contribution in [2.75, 3.05) is 0 Å². The summed E-state index contributed by atoms with van der Waals surface area (Å²) in [5.41, 5.74) is 1.10. The molecular weight excluding hydrogens is 242 g/mol. The van der Waals surface area contributed by atoms with E-state index < -0.39 is 0 Å². The van der Waals surface area contributed by atoms with Crippen LogP contribution < -0.4 is 0 Å². The first kappa shape index (κ1) is 11.7. The lowest BCUT2D eigenvalue weighted by molar-refractivity contribution is 0.502. The van der Waals surface area contributed by atoms with E-state index in [4.69, 9.17) is 12.2 Å². The summed E-state index contributed by atoms with van der Waals surface area (Å²) in [6.07, 6.45) is 3.80. The second kappa shape index (κ2) is 4.69. The van der Waals surface area contributed by atoms with Gasteiger partial charge in [0.2, 0.25) is 0 Å². The first-order valence-corrected chi connectivity index (χ1v) is 6.91. The van der Waals surface area contributed by atoms with E-state index in [0.717, 1.165) is 11.5 Å². The molecule has 0 spiro atoms. The highest BCUT2D eigenvalue weighted by atomic mass is 32.1. The lowest BCUT2D eigenvalue weighted by Gasteiger charge is -2.15. The molecule has 1 aliphatic rings. The Kier molecular flexibility index (Phi) is 3.04. The van der Waals surface area contributed by atoms with Crippen molar-refractivity contribution in [3.8, 4) is 5.69 Å². The van der Waals surface area contributed by atoms with Crippen molar-refractivity contribution in [3.05, 3.63) is 40.9 Å². The summed E-state index contributed by atoms with van der Waals surface area (Å²) in [6.45, 7) is 2.31. The Morgan fingerprint density at radius 1 is 1.28 bits per heavy atom. The van der Waals surface area contributed by atoms with Gasteiger partial charge in [-0.05, 0) is 43.1 Å². The molecule has 18 heavy (non-hydrogen) atoms. The Morgan fingerprint density at radius 2 is 2.06 bits per heavy atom. The minimum atomic E-state index is 0.526. The molecule has 1 fully saturated rings. The molecule has 1 heterocycles. The molecule has 3 rings (SSSR count). The molecule has 1 saturated carbocycles. The summed E-state index contributed by atoms with van der Waals surface area (Å²) < 4.78 is 2.78. The molecule has 0 bridgehead atoms. The highest BCUT2D eigenvalue weighted by molar-refractivity contribution is 7.71. The van der Waals surface area contributed by atoms with Crippen molar-refractivity contribution in [2.45, 2.75) is 32.1 Å². The number of aromatic nitrogens is 3. The summed E-state index contributed by atoms with van der Waals surface area (Å²) in [5.74, 6) is 2.31. The Hall–Kier alpha value is -1.42. The van der Waals surface area contributed by atoms with Crippen molar-refractivity contribution in [1.29, 1.82) is 0 Å². The maximum absolute atomic E-state index is 5.37. The second-order valence-electron chi connectivity index (χ2n) is 5.07. The van der Waals surface area contributed by atoms with Crippen LogP contribution in [0.2, 0.25) is 0 Å². The molecule has 1 aromatic heterocycles. The number of rotatable bonds is 2. The number of nitrogens with one attached hydrogen (secondary N) is 1. The van der Waals surface area contributed by atoms with Crippen LogP contribution in [0.25, 0.3) is 5.69 Å². The summed E-state index contributed by atoms with van der Waals surface area (Å²) in [5, 5.41) is 7.42. The molecule has 2 aromatic rings. The lowest BCUT2D eigenvalue weighted by Crippen LogP contribution is -2.10. The molecule has 0 radical (unpaired) electrons. The van der Waals surface area contributed by atoms with Crippen molar-refractivity contribution in [3.63, 3.8) is 0 Å². The third kappa shape index (κ3) is 1.90. The molecule has 4 heteroatoms. The summed E-state index contributed by atoms with van der Waals surface area (Å²) in [4.78, 5) is 0. The van der Waals surface area contributed by atoms with Gasteiger partial charge in [-0.15, -0.1) is 0 Å². The van der Waals surface area contributed by atoms with Crippen LogP contribution >= 0.6 is 12.2 Å². The van der Waals surface area contributed by atoms with E-state index >= 15 is 0 Å². The summed E-state index contributed by atoms with van der Waals surface area (Å²) >= 11 is 5.37. The van der Waals surface area contributed by atoms with Gasteiger partial charge in [-0.2, -0.15) is 5.10 Å². The van der Waals surface area contributed by atoms with E-state index in [1.165, 1.54) is 19.3 Å². The maximum atomic E-state index is 5.37. The molecule has 0 saturated heterocycles. The van der Waals surface area contributed by atoms with E-state index in [2.05, 4.69) is 33.8 Å². The Labute approximate surface area is 112 Å². The number of aromatic amines is 1. The largest absolute Gasteiger partial charge is 0.272 e. The average molecular weight is 259 g/mol. The third-order valence-electron chi connectivity index (χ3n) is 3.91.